The molecule has 10 nitrogen and oxygen atoms in total. The fraction of sp³-hybridized carbons (Fsp3) is 0.531. The van der Waals surface area contributed by atoms with Crippen LogP contribution in [0.1, 0.15) is 57.1 Å². The maximum Gasteiger partial charge on any atom is 0.410 e. The highest BCUT2D eigenvalue weighted by atomic mass is 127. The lowest BCUT2D eigenvalue weighted by molar-refractivity contribution is 0.0266. The molecule has 44 heavy (non-hydrogen) atoms. The number of anilines is 1. The van der Waals surface area contributed by atoms with Crippen LogP contribution in [-0.4, -0.2) is 81.6 Å². The highest BCUT2D eigenvalue weighted by Gasteiger charge is 2.32. The Labute approximate surface area is 283 Å². The predicted octanol–water partition coefficient (Wildman–Crippen LogP) is 7.52. The molecule has 3 atom stereocenters. The molecule has 2 saturated heterocycles. The molecule has 0 saturated carbocycles. The van der Waals surface area contributed by atoms with E-state index < -0.39 is 16.1 Å². The van der Waals surface area contributed by atoms with Gasteiger partial charge in [-0.2, -0.15) is 4.99 Å². The van der Waals surface area contributed by atoms with Crippen LogP contribution in [-0.2, 0) is 9.47 Å². The molecule has 3 unspecified atom stereocenters. The van der Waals surface area contributed by atoms with Gasteiger partial charge in [0.05, 0.1) is 23.9 Å². The van der Waals surface area contributed by atoms with E-state index in [-0.39, 0.29) is 24.4 Å². The summed E-state index contributed by atoms with van der Waals surface area (Å²) in [6.07, 6.45) is 1.02. The fourth-order valence-electron chi connectivity index (χ4n) is 4.22. The maximum absolute atomic E-state index is 12.0. The zero-order chi connectivity index (χ0) is 34.5. The number of carbonyl (C=O) groups excluding carboxylic acids is 2. The van der Waals surface area contributed by atoms with Gasteiger partial charge in [-0.15, -0.1) is 0 Å². The Kier molecular flexibility index (Phi) is 13.4. The van der Waals surface area contributed by atoms with E-state index in [0.717, 1.165) is 30.0 Å². The quantitative estimate of drug-likeness (QED) is 0.110. The highest BCUT2D eigenvalue weighted by molar-refractivity contribution is 14.1. The zero-order valence-corrected chi connectivity index (χ0v) is 29.2. The molecule has 2 N–H and O–H groups in total. The van der Waals surface area contributed by atoms with E-state index in [1.54, 1.807) is 44.5 Å². The summed E-state index contributed by atoms with van der Waals surface area (Å²) in [5.41, 5.74) is 6.13. The largest absolute Gasteiger partial charge is 0.489 e. The van der Waals surface area contributed by atoms with Gasteiger partial charge in [0, 0.05) is 34.4 Å². The van der Waals surface area contributed by atoms with Crippen molar-refractivity contribution in [3.05, 3.63) is 48.5 Å². The molecule has 2 aliphatic heterocycles. The number of thiocarbonyl (C=S) groups is 1. The van der Waals surface area contributed by atoms with E-state index >= 15 is 0 Å². The summed E-state index contributed by atoms with van der Waals surface area (Å²) in [6.45, 7) is 13.6. The Balaban J connectivity index is 0.000000288. The first-order chi connectivity index (χ1) is 21.4. The van der Waals surface area contributed by atoms with Gasteiger partial charge in [-0.1, -0.05) is 22.6 Å². The average molecular weight is 744 g/mol. The molecule has 0 spiro atoms. The van der Waals surface area contributed by atoms with Crippen molar-refractivity contribution in [2.75, 3.05) is 36.8 Å². The lowest BCUT2D eigenvalue weighted by Gasteiger charge is -2.24. The molecule has 0 radical (unpaired) electrons. The second-order valence-corrected chi connectivity index (χ2v) is 12.4. The Morgan fingerprint density at radius 1 is 0.909 bits per heavy atom. The van der Waals surface area contributed by atoms with E-state index in [1.807, 2.05) is 77.9 Å². The number of carbonyl (C=O) groups is 2. The molecule has 2 aliphatic rings. The number of isothiocyanates is 1. The van der Waals surface area contributed by atoms with Crippen LogP contribution >= 0.6 is 34.8 Å². The molecule has 2 amide bonds. The molecular weight excluding hydrogens is 695 g/mol. The number of nitrogen functional groups attached to an aromatic ring is 1. The molecular formula is C32H45IN4O6S. The fourth-order valence-corrected chi connectivity index (χ4v) is 4.32. The number of rotatable bonds is 5. The van der Waals surface area contributed by atoms with Gasteiger partial charge in [0.2, 0.25) is 0 Å². The number of alkyl halides is 1. The van der Waals surface area contributed by atoms with E-state index in [0.29, 0.717) is 31.9 Å². The second kappa shape index (κ2) is 17.4. The smallest absolute Gasteiger partial charge is 0.410 e. The van der Waals surface area contributed by atoms with Gasteiger partial charge >= 0.3 is 12.2 Å². The van der Waals surface area contributed by atoms with Crippen LogP contribution in [0.3, 0.4) is 0 Å². The Morgan fingerprint density at radius 3 is 1.66 bits per heavy atom. The molecule has 12 heteroatoms. The van der Waals surface area contributed by atoms with Crippen LogP contribution in [0.5, 0.6) is 11.5 Å². The van der Waals surface area contributed by atoms with E-state index in [4.69, 9.17) is 27.4 Å². The molecule has 2 heterocycles. The first-order valence-corrected chi connectivity index (χ1v) is 15.9. The van der Waals surface area contributed by atoms with E-state index in [1.165, 1.54) is 0 Å². The van der Waals surface area contributed by atoms with Crippen molar-refractivity contribution in [3.63, 3.8) is 0 Å². The second-order valence-electron chi connectivity index (χ2n) is 12.2. The number of hydrogen-bond donors (Lipinski definition) is 1. The third kappa shape index (κ3) is 13.7. The molecule has 2 fully saturated rings. The molecule has 2 aromatic carbocycles. The Bertz CT molecular complexity index is 1300. The lowest BCUT2D eigenvalue weighted by Crippen LogP contribution is -2.36. The number of nitrogens with two attached hydrogens (primary N) is 1. The van der Waals surface area contributed by atoms with Crippen molar-refractivity contribution in [2.24, 2.45) is 4.99 Å². The molecule has 0 aliphatic carbocycles. The van der Waals surface area contributed by atoms with Gasteiger partial charge in [-0.05, 0) is 107 Å². The molecule has 0 bridgehead atoms. The number of hydrogen-bond acceptors (Lipinski definition) is 9. The van der Waals surface area contributed by atoms with Crippen molar-refractivity contribution in [1.82, 2.24) is 9.80 Å². The monoisotopic (exact) mass is 743 g/mol. The van der Waals surface area contributed by atoms with E-state index in [9.17, 15) is 9.59 Å². The van der Waals surface area contributed by atoms with Crippen LogP contribution in [0.2, 0.25) is 0 Å². The first-order valence-electron chi connectivity index (χ1n) is 15.4. The van der Waals surface area contributed by atoms with E-state index in [2.05, 4.69) is 22.4 Å². The number of nitrogens with zero attached hydrogens (tertiary/aromatic N) is 3. The minimum atomic E-state index is -0.697. The number of amides is 2. The number of halogens is 1. The topological polar surface area (TPSA) is 116 Å². The van der Waals surface area contributed by atoms with Crippen LogP contribution in [0.25, 0.3) is 0 Å². The lowest BCUT2D eigenvalue weighted by atomic mass is 10.2. The number of likely N-dealkylation sites (tertiary alicyclic amines) is 2. The average Bonchev–Trinajstić information content (AvgIpc) is 3.60. The van der Waals surface area contributed by atoms with Crippen molar-refractivity contribution < 1.29 is 31.3 Å². The van der Waals surface area contributed by atoms with Crippen LogP contribution in [0, 0.1) is 0 Å². The molecule has 2 aromatic rings. The van der Waals surface area contributed by atoms with Crippen molar-refractivity contribution in [2.45, 2.75) is 77.8 Å². The standard InChI is InChI=1S/C16H20N2O3S.C15H22N2O3.CH3I/c1-16(2,3)21-15(19)18-9-8-14(10-18)20-13-6-4-12(5-7-13)17-11-22;1-15(2,3)20-14(18)17-9-8-13(10-17)19-12-6-4-11(16)5-7-12;1-2/h4-7,14H,8-10H2,1-3H3;4-7,13H,8-10,16H2,1-3H3;1H3/i;;1TD. The number of aliphatic imine (C=N–C) groups is 1. The SMILES string of the molecule is CC(C)(C)OC(=O)N1CCC(Oc2ccc(N)cc2)C1.CC(C)(C)OC(=O)N1CCC(Oc2ccc(N=C=S)cc2)C1.[2H]C([3H])I. The first kappa shape index (κ1) is 33.8. The van der Waals surface area contributed by atoms with Gasteiger partial charge in [0.15, 0.2) is 0 Å². The van der Waals surface area contributed by atoms with Gasteiger partial charge in [-0.25, -0.2) is 9.59 Å². The van der Waals surface area contributed by atoms with Gasteiger partial charge in [-0.3, -0.25) is 0 Å². The summed E-state index contributed by atoms with van der Waals surface area (Å²) in [4.78, 5) is 30.5. The maximum atomic E-state index is 12.0. The van der Waals surface area contributed by atoms with Crippen LogP contribution in [0.4, 0.5) is 21.0 Å². The molecule has 4 rings (SSSR count). The Morgan fingerprint density at radius 2 is 1.30 bits per heavy atom. The van der Waals surface area contributed by atoms with Gasteiger partial charge in [0.25, 0.3) is 0 Å². The number of benzene rings is 2. The summed E-state index contributed by atoms with van der Waals surface area (Å²) in [6, 6.07) is 14.6. The normalized spacial score (nSPS) is 19.0. The number of ether oxygens (including phenoxy) is 4. The minimum Gasteiger partial charge on any atom is -0.489 e. The molecule has 242 valence electrons. The van der Waals surface area contributed by atoms with Gasteiger partial charge < -0.3 is 34.5 Å². The van der Waals surface area contributed by atoms with Crippen LogP contribution < -0.4 is 15.2 Å². The third-order valence-electron chi connectivity index (χ3n) is 6.09. The summed E-state index contributed by atoms with van der Waals surface area (Å²) in [5.74, 6) is 1.52. The highest BCUT2D eigenvalue weighted by Crippen LogP contribution is 2.23. The molecule has 0 aromatic heterocycles. The predicted molar refractivity (Wildman–Crippen MR) is 186 cm³/mol. The summed E-state index contributed by atoms with van der Waals surface area (Å²) >= 11 is 6.24. The minimum absolute atomic E-state index is 0.00569. The van der Waals surface area contributed by atoms with Crippen molar-refractivity contribution in [1.29, 1.82) is 0 Å². The summed E-state index contributed by atoms with van der Waals surface area (Å²) in [5, 5.41) is 2.32. The zero-order valence-electron chi connectivity index (χ0n) is 28.2. The van der Waals surface area contributed by atoms with Crippen molar-refractivity contribution in [3.8, 4) is 11.5 Å². The van der Waals surface area contributed by atoms with Crippen LogP contribution in [0.15, 0.2) is 53.5 Å². The van der Waals surface area contributed by atoms with Crippen molar-refractivity contribution >= 4 is 63.5 Å². The third-order valence-corrected chi connectivity index (χ3v) is 6.18. The summed E-state index contributed by atoms with van der Waals surface area (Å²) in [7, 11) is 0. The Hall–Kier alpha value is -3.09. The van der Waals surface area contributed by atoms with Gasteiger partial charge in [0.1, 0.15) is 34.9 Å². The summed E-state index contributed by atoms with van der Waals surface area (Å²) < 4.78 is 34.9.